The summed E-state index contributed by atoms with van der Waals surface area (Å²) in [6.07, 6.45) is 6.73. The molecule has 1 saturated heterocycles. The number of carbonyl (C=O) groups excluding carboxylic acids is 1. The van der Waals surface area contributed by atoms with E-state index in [0.717, 1.165) is 11.8 Å². The molecule has 2 saturated carbocycles. The summed E-state index contributed by atoms with van der Waals surface area (Å²) in [5.74, 6) is 2.47. The Labute approximate surface area is 72.7 Å². The predicted molar refractivity (Wildman–Crippen MR) is 45.5 cm³/mol. The van der Waals surface area contributed by atoms with Gasteiger partial charge in [-0.2, -0.15) is 0 Å². The Balaban J connectivity index is 1.81. The number of β-lactam (4-membered cyclic amide) rings is 1. The first-order valence-corrected chi connectivity index (χ1v) is 5.16. The number of rotatable bonds is 0. The van der Waals surface area contributed by atoms with Crippen LogP contribution in [0.2, 0.25) is 0 Å². The molecule has 2 nitrogen and oxygen atoms in total. The second kappa shape index (κ2) is 2.24. The molecule has 3 fully saturated rings. The summed E-state index contributed by atoms with van der Waals surface area (Å²) in [7, 11) is 0. The lowest BCUT2D eigenvalue weighted by Gasteiger charge is -2.36. The molecule has 1 N–H and O–H groups in total. The van der Waals surface area contributed by atoms with Crippen LogP contribution in [0.25, 0.3) is 0 Å². The van der Waals surface area contributed by atoms with Gasteiger partial charge in [0.2, 0.25) is 5.91 Å². The van der Waals surface area contributed by atoms with Crippen molar-refractivity contribution >= 4 is 5.91 Å². The quantitative estimate of drug-likeness (QED) is 0.539. The van der Waals surface area contributed by atoms with Gasteiger partial charge >= 0.3 is 0 Å². The van der Waals surface area contributed by atoms with Crippen molar-refractivity contribution < 1.29 is 4.79 Å². The van der Waals surface area contributed by atoms with Gasteiger partial charge in [0, 0.05) is 6.04 Å². The van der Waals surface area contributed by atoms with Crippen molar-refractivity contribution in [1.82, 2.24) is 5.32 Å². The fourth-order valence-corrected chi connectivity index (χ4v) is 3.43. The lowest BCUT2D eigenvalue weighted by atomic mass is 9.79. The highest BCUT2D eigenvalue weighted by atomic mass is 16.2. The lowest BCUT2D eigenvalue weighted by molar-refractivity contribution is -0.134. The summed E-state index contributed by atoms with van der Waals surface area (Å²) in [6, 6.07) is 0.586. The number of amides is 1. The molecule has 4 unspecified atom stereocenters. The highest BCUT2D eigenvalue weighted by Gasteiger charge is 2.53. The third-order valence-electron chi connectivity index (χ3n) is 4.07. The summed E-state index contributed by atoms with van der Waals surface area (Å²) in [5, 5.41) is 3.06. The summed E-state index contributed by atoms with van der Waals surface area (Å²) in [5.41, 5.74) is 0. The molecule has 2 heteroatoms. The molecule has 0 aromatic heterocycles. The highest BCUT2D eigenvalue weighted by molar-refractivity contribution is 5.86. The van der Waals surface area contributed by atoms with Crippen LogP contribution in [0.1, 0.15) is 32.1 Å². The smallest absolute Gasteiger partial charge is 0.225 e. The summed E-state index contributed by atoms with van der Waals surface area (Å²) in [4.78, 5) is 11.1. The molecular weight excluding hydrogens is 150 g/mol. The molecule has 0 aromatic rings. The van der Waals surface area contributed by atoms with Crippen molar-refractivity contribution in [3.05, 3.63) is 0 Å². The van der Waals surface area contributed by atoms with E-state index >= 15 is 0 Å². The molecule has 12 heavy (non-hydrogen) atoms. The lowest BCUT2D eigenvalue weighted by Crippen LogP contribution is -2.57. The van der Waals surface area contributed by atoms with E-state index in [-0.39, 0.29) is 0 Å². The zero-order valence-corrected chi connectivity index (χ0v) is 7.25. The van der Waals surface area contributed by atoms with Crippen LogP contribution in [0, 0.1) is 17.8 Å². The Morgan fingerprint density at radius 3 is 2.92 bits per heavy atom. The SMILES string of the molecule is O=C1NC2C1CC1CCCCC12. The normalized spacial score (nSPS) is 50.5. The molecule has 3 aliphatic rings. The third-order valence-corrected chi connectivity index (χ3v) is 4.07. The van der Waals surface area contributed by atoms with Crippen molar-refractivity contribution in [1.29, 1.82) is 0 Å². The van der Waals surface area contributed by atoms with E-state index in [0.29, 0.717) is 17.9 Å². The average Bonchev–Trinajstić information content (AvgIpc) is 2.39. The third kappa shape index (κ3) is 0.732. The second-order valence-electron chi connectivity index (χ2n) is 4.58. The van der Waals surface area contributed by atoms with Crippen LogP contribution in [-0.4, -0.2) is 11.9 Å². The molecule has 4 atom stereocenters. The molecule has 1 amide bonds. The first-order chi connectivity index (χ1) is 5.86. The highest BCUT2D eigenvalue weighted by Crippen LogP contribution is 2.48. The van der Waals surface area contributed by atoms with Crippen molar-refractivity contribution in [2.24, 2.45) is 17.8 Å². The van der Waals surface area contributed by atoms with E-state index in [1.807, 2.05) is 0 Å². The van der Waals surface area contributed by atoms with Gasteiger partial charge in [-0.15, -0.1) is 0 Å². The zero-order chi connectivity index (χ0) is 8.13. The Bertz CT molecular complexity index is 226. The predicted octanol–water partition coefficient (Wildman–Crippen LogP) is 1.31. The minimum atomic E-state index is 0.328. The van der Waals surface area contributed by atoms with Gasteiger partial charge in [0.05, 0.1) is 5.92 Å². The van der Waals surface area contributed by atoms with Crippen LogP contribution in [0.15, 0.2) is 0 Å². The molecule has 1 aliphatic heterocycles. The maximum absolute atomic E-state index is 11.1. The van der Waals surface area contributed by atoms with Gasteiger partial charge in [-0.05, 0) is 24.7 Å². The van der Waals surface area contributed by atoms with Gasteiger partial charge in [-0.1, -0.05) is 19.3 Å². The van der Waals surface area contributed by atoms with E-state index in [9.17, 15) is 4.79 Å². The van der Waals surface area contributed by atoms with Gasteiger partial charge in [-0.25, -0.2) is 0 Å². The summed E-state index contributed by atoms with van der Waals surface area (Å²) < 4.78 is 0. The zero-order valence-electron chi connectivity index (χ0n) is 7.25. The molecule has 3 rings (SSSR count). The van der Waals surface area contributed by atoms with E-state index < -0.39 is 0 Å². The average molecular weight is 165 g/mol. The van der Waals surface area contributed by atoms with Crippen LogP contribution in [-0.2, 0) is 4.79 Å². The Morgan fingerprint density at radius 1 is 1.25 bits per heavy atom. The monoisotopic (exact) mass is 165 g/mol. The van der Waals surface area contributed by atoms with Gasteiger partial charge in [0.15, 0.2) is 0 Å². The molecule has 66 valence electrons. The number of nitrogens with one attached hydrogen (secondary N) is 1. The Morgan fingerprint density at radius 2 is 2.08 bits per heavy atom. The number of fused-ring (bicyclic) bond motifs is 3. The second-order valence-corrected chi connectivity index (χ2v) is 4.58. The van der Waals surface area contributed by atoms with Gasteiger partial charge in [-0.3, -0.25) is 4.79 Å². The van der Waals surface area contributed by atoms with Crippen LogP contribution in [0.4, 0.5) is 0 Å². The molecule has 0 spiro atoms. The van der Waals surface area contributed by atoms with Crippen molar-refractivity contribution in [2.45, 2.75) is 38.1 Å². The van der Waals surface area contributed by atoms with Gasteiger partial charge in [0.1, 0.15) is 0 Å². The summed E-state index contributed by atoms with van der Waals surface area (Å²) in [6.45, 7) is 0. The van der Waals surface area contributed by atoms with Gasteiger partial charge < -0.3 is 5.32 Å². The standard InChI is InChI=1S/C10H15NO/c12-10-8-5-6-3-1-2-4-7(6)9(8)11-10/h6-9H,1-5H2,(H,11,12). The largest absolute Gasteiger partial charge is 0.352 e. The van der Waals surface area contributed by atoms with E-state index in [2.05, 4.69) is 5.32 Å². The number of hydrogen-bond acceptors (Lipinski definition) is 1. The van der Waals surface area contributed by atoms with E-state index in [1.54, 1.807) is 0 Å². The maximum Gasteiger partial charge on any atom is 0.225 e. The first kappa shape index (κ1) is 6.93. The minimum Gasteiger partial charge on any atom is -0.352 e. The Hall–Kier alpha value is -0.530. The fourth-order valence-electron chi connectivity index (χ4n) is 3.43. The molecule has 2 aliphatic carbocycles. The Kier molecular flexibility index (Phi) is 1.29. The fraction of sp³-hybridized carbons (Fsp3) is 0.900. The van der Waals surface area contributed by atoms with Crippen LogP contribution in [0.3, 0.4) is 0 Å². The summed E-state index contributed by atoms with van der Waals surface area (Å²) >= 11 is 0. The molecule has 0 bridgehead atoms. The molecule has 0 aromatic carbocycles. The van der Waals surface area contributed by atoms with Crippen LogP contribution < -0.4 is 5.32 Å². The maximum atomic E-state index is 11.1. The van der Waals surface area contributed by atoms with Crippen molar-refractivity contribution in [3.63, 3.8) is 0 Å². The number of carbonyl (C=O) groups is 1. The van der Waals surface area contributed by atoms with Crippen molar-refractivity contribution in [2.75, 3.05) is 0 Å². The first-order valence-electron chi connectivity index (χ1n) is 5.16. The van der Waals surface area contributed by atoms with Crippen molar-refractivity contribution in [3.8, 4) is 0 Å². The van der Waals surface area contributed by atoms with Gasteiger partial charge in [0.25, 0.3) is 0 Å². The minimum absolute atomic E-state index is 0.328. The topological polar surface area (TPSA) is 29.1 Å². The van der Waals surface area contributed by atoms with Crippen LogP contribution in [0.5, 0.6) is 0 Å². The molecule has 1 heterocycles. The number of hydrogen-bond donors (Lipinski definition) is 1. The molecule has 0 radical (unpaired) electrons. The van der Waals surface area contributed by atoms with Crippen LogP contribution >= 0.6 is 0 Å². The van der Waals surface area contributed by atoms with E-state index in [4.69, 9.17) is 0 Å². The van der Waals surface area contributed by atoms with E-state index in [1.165, 1.54) is 32.1 Å². The molecular formula is C10H15NO.